The maximum Gasteiger partial charge on any atom is 0.224 e. The van der Waals surface area contributed by atoms with Crippen molar-refractivity contribution >= 4 is 50.1 Å². The molecule has 23 heavy (non-hydrogen) atoms. The highest BCUT2D eigenvalue weighted by atomic mass is 127. The van der Waals surface area contributed by atoms with Crippen LogP contribution < -0.4 is 14.8 Å². The molecule has 2 aromatic rings. The summed E-state index contributed by atoms with van der Waals surface area (Å²) in [6, 6.07) is 11.5. The highest BCUT2D eigenvalue weighted by molar-refractivity contribution is 14.1. The number of halogens is 2. The monoisotopic (exact) mass is 489 g/mol. The minimum atomic E-state index is -0.0205. The third-order valence-electron chi connectivity index (χ3n) is 3.30. The molecule has 122 valence electrons. The second-order valence-electron chi connectivity index (χ2n) is 4.85. The summed E-state index contributed by atoms with van der Waals surface area (Å²) in [6.07, 6.45) is 0.997. The van der Waals surface area contributed by atoms with Gasteiger partial charge in [-0.1, -0.05) is 15.9 Å². The second-order valence-corrected chi connectivity index (χ2v) is 6.95. The standard InChI is InChI=1S/C17H17BrINO3/c1-22-15-9-11(14(18)10-16(15)23-2)3-8-17(21)20-13-6-4-12(19)5-7-13/h4-7,9-10H,3,8H2,1-2H3,(H,20,21). The molecule has 0 aliphatic heterocycles. The molecule has 2 rings (SSSR count). The molecule has 0 atom stereocenters. The van der Waals surface area contributed by atoms with E-state index in [0.29, 0.717) is 24.3 Å². The van der Waals surface area contributed by atoms with Gasteiger partial charge in [0.05, 0.1) is 14.2 Å². The lowest BCUT2D eigenvalue weighted by atomic mass is 10.1. The first-order valence-electron chi connectivity index (χ1n) is 6.99. The summed E-state index contributed by atoms with van der Waals surface area (Å²) in [6.45, 7) is 0. The Balaban J connectivity index is 1.99. The van der Waals surface area contributed by atoms with Crippen LogP contribution in [-0.4, -0.2) is 20.1 Å². The Kier molecular flexibility index (Phi) is 6.71. The summed E-state index contributed by atoms with van der Waals surface area (Å²) < 4.78 is 12.6. The summed E-state index contributed by atoms with van der Waals surface area (Å²) in [7, 11) is 3.19. The van der Waals surface area contributed by atoms with Crippen LogP contribution in [0.25, 0.3) is 0 Å². The molecule has 0 spiro atoms. The van der Waals surface area contributed by atoms with Gasteiger partial charge in [0, 0.05) is 20.2 Å². The molecule has 0 saturated carbocycles. The van der Waals surface area contributed by atoms with Crippen LogP contribution in [-0.2, 0) is 11.2 Å². The van der Waals surface area contributed by atoms with Crippen LogP contribution in [0.2, 0.25) is 0 Å². The SMILES string of the molecule is COc1cc(Br)c(CCC(=O)Nc2ccc(I)cc2)cc1OC. The molecule has 0 aliphatic carbocycles. The number of anilines is 1. The fourth-order valence-electron chi connectivity index (χ4n) is 2.09. The first-order chi connectivity index (χ1) is 11.0. The molecule has 1 amide bonds. The molecule has 0 heterocycles. The normalized spacial score (nSPS) is 10.3. The lowest BCUT2D eigenvalue weighted by molar-refractivity contribution is -0.116. The smallest absolute Gasteiger partial charge is 0.224 e. The molecule has 4 nitrogen and oxygen atoms in total. The van der Waals surface area contributed by atoms with E-state index in [-0.39, 0.29) is 5.91 Å². The van der Waals surface area contributed by atoms with Crippen molar-refractivity contribution in [3.8, 4) is 11.5 Å². The lowest BCUT2D eigenvalue weighted by Crippen LogP contribution is -2.12. The number of carbonyl (C=O) groups is 1. The maximum atomic E-state index is 12.1. The van der Waals surface area contributed by atoms with E-state index in [2.05, 4.69) is 43.8 Å². The highest BCUT2D eigenvalue weighted by Crippen LogP contribution is 2.33. The number of hydrogen-bond donors (Lipinski definition) is 1. The van der Waals surface area contributed by atoms with Crippen LogP contribution in [0.15, 0.2) is 40.9 Å². The summed E-state index contributed by atoms with van der Waals surface area (Å²) in [5.41, 5.74) is 1.81. The first kappa shape index (κ1) is 18.1. The quantitative estimate of drug-likeness (QED) is 0.601. The van der Waals surface area contributed by atoms with Gasteiger partial charge < -0.3 is 14.8 Å². The second kappa shape index (κ2) is 8.54. The number of benzene rings is 2. The zero-order valence-electron chi connectivity index (χ0n) is 12.9. The maximum absolute atomic E-state index is 12.1. The van der Waals surface area contributed by atoms with Crippen molar-refractivity contribution in [2.75, 3.05) is 19.5 Å². The minimum absolute atomic E-state index is 0.0205. The summed E-state index contributed by atoms with van der Waals surface area (Å²) >= 11 is 5.74. The van der Waals surface area contributed by atoms with Gasteiger partial charge in [0.1, 0.15) is 0 Å². The average molecular weight is 490 g/mol. The Bertz CT molecular complexity index is 689. The minimum Gasteiger partial charge on any atom is -0.493 e. The van der Waals surface area contributed by atoms with E-state index in [4.69, 9.17) is 9.47 Å². The van der Waals surface area contributed by atoms with E-state index in [0.717, 1.165) is 19.3 Å². The lowest BCUT2D eigenvalue weighted by Gasteiger charge is -2.12. The third kappa shape index (κ3) is 5.10. The zero-order chi connectivity index (χ0) is 16.8. The number of aryl methyl sites for hydroxylation is 1. The summed E-state index contributed by atoms with van der Waals surface area (Å²) in [5, 5.41) is 2.90. The Morgan fingerprint density at radius 3 is 2.35 bits per heavy atom. The largest absolute Gasteiger partial charge is 0.493 e. The predicted molar refractivity (Wildman–Crippen MR) is 103 cm³/mol. The topological polar surface area (TPSA) is 47.6 Å². The van der Waals surface area contributed by atoms with Crippen molar-refractivity contribution in [3.63, 3.8) is 0 Å². The Labute approximate surface area is 157 Å². The highest BCUT2D eigenvalue weighted by Gasteiger charge is 2.11. The molecule has 0 aliphatic rings. The molecule has 0 fully saturated rings. The molecule has 2 aromatic carbocycles. The summed E-state index contributed by atoms with van der Waals surface area (Å²) in [5.74, 6) is 1.29. The van der Waals surface area contributed by atoms with E-state index in [1.807, 2.05) is 36.4 Å². The molecule has 1 N–H and O–H groups in total. The average Bonchev–Trinajstić information content (AvgIpc) is 2.55. The van der Waals surface area contributed by atoms with Gasteiger partial charge >= 0.3 is 0 Å². The third-order valence-corrected chi connectivity index (χ3v) is 4.76. The van der Waals surface area contributed by atoms with Crippen molar-refractivity contribution in [1.82, 2.24) is 0 Å². The van der Waals surface area contributed by atoms with Crippen molar-refractivity contribution < 1.29 is 14.3 Å². The fraction of sp³-hybridized carbons (Fsp3) is 0.235. The van der Waals surface area contributed by atoms with Gasteiger partial charge in [-0.3, -0.25) is 4.79 Å². The van der Waals surface area contributed by atoms with Gasteiger partial charge in [-0.2, -0.15) is 0 Å². The van der Waals surface area contributed by atoms with Crippen LogP contribution in [0, 0.1) is 3.57 Å². The Morgan fingerprint density at radius 2 is 1.74 bits per heavy atom. The van der Waals surface area contributed by atoms with Crippen LogP contribution in [0.1, 0.15) is 12.0 Å². The van der Waals surface area contributed by atoms with Gasteiger partial charge in [0.2, 0.25) is 5.91 Å². The number of amides is 1. The first-order valence-corrected chi connectivity index (χ1v) is 8.86. The number of rotatable bonds is 6. The van der Waals surface area contributed by atoms with Gasteiger partial charge in [0.15, 0.2) is 11.5 Å². The molecular formula is C17H17BrINO3. The van der Waals surface area contributed by atoms with E-state index in [9.17, 15) is 4.79 Å². The fourth-order valence-corrected chi connectivity index (χ4v) is 2.97. The molecule has 0 radical (unpaired) electrons. The molecule has 0 bridgehead atoms. The van der Waals surface area contributed by atoms with Crippen molar-refractivity contribution in [3.05, 3.63) is 50.0 Å². The molecular weight excluding hydrogens is 473 g/mol. The predicted octanol–water partition coefficient (Wildman–Crippen LogP) is 4.64. The van der Waals surface area contributed by atoms with Crippen LogP contribution in [0.5, 0.6) is 11.5 Å². The van der Waals surface area contributed by atoms with Gasteiger partial charge in [-0.25, -0.2) is 0 Å². The number of carbonyl (C=O) groups excluding carboxylic acids is 1. The Morgan fingerprint density at radius 1 is 1.13 bits per heavy atom. The van der Waals surface area contributed by atoms with E-state index in [1.165, 1.54) is 0 Å². The molecule has 0 unspecified atom stereocenters. The van der Waals surface area contributed by atoms with Gasteiger partial charge in [0.25, 0.3) is 0 Å². The van der Waals surface area contributed by atoms with Crippen LogP contribution in [0.4, 0.5) is 5.69 Å². The number of nitrogens with one attached hydrogen (secondary N) is 1. The number of methoxy groups -OCH3 is 2. The van der Waals surface area contributed by atoms with Crippen molar-refractivity contribution in [2.45, 2.75) is 12.8 Å². The van der Waals surface area contributed by atoms with E-state index >= 15 is 0 Å². The van der Waals surface area contributed by atoms with Crippen molar-refractivity contribution in [2.24, 2.45) is 0 Å². The van der Waals surface area contributed by atoms with Crippen LogP contribution in [0.3, 0.4) is 0 Å². The van der Waals surface area contributed by atoms with Crippen molar-refractivity contribution in [1.29, 1.82) is 0 Å². The number of hydrogen-bond acceptors (Lipinski definition) is 3. The Hall–Kier alpha value is -1.28. The number of ether oxygens (including phenoxy) is 2. The molecule has 6 heteroatoms. The zero-order valence-corrected chi connectivity index (χ0v) is 16.6. The molecule has 0 aromatic heterocycles. The van der Waals surface area contributed by atoms with E-state index in [1.54, 1.807) is 14.2 Å². The van der Waals surface area contributed by atoms with E-state index < -0.39 is 0 Å². The van der Waals surface area contributed by atoms with Gasteiger partial charge in [-0.05, 0) is 71.0 Å². The summed E-state index contributed by atoms with van der Waals surface area (Å²) in [4.78, 5) is 12.1. The molecule has 0 saturated heterocycles. The van der Waals surface area contributed by atoms with Gasteiger partial charge in [-0.15, -0.1) is 0 Å². The van der Waals surface area contributed by atoms with Crippen LogP contribution >= 0.6 is 38.5 Å².